The maximum Gasteiger partial charge on any atom is 0.408 e. The summed E-state index contributed by atoms with van der Waals surface area (Å²) >= 11 is 0. The lowest BCUT2D eigenvalue weighted by Gasteiger charge is -2.22. The van der Waals surface area contributed by atoms with Gasteiger partial charge in [0.25, 0.3) is 0 Å². The second-order valence-electron chi connectivity index (χ2n) is 7.22. The van der Waals surface area contributed by atoms with Crippen molar-refractivity contribution < 1.29 is 9.53 Å². The molecule has 1 unspecified atom stereocenters. The second-order valence-corrected chi connectivity index (χ2v) is 7.22. The predicted octanol–water partition coefficient (Wildman–Crippen LogP) is 3.18. The number of nitrogens with one attached hydrogen (secondary N) is 1. The third-order valence-corrected chi connectivity index (χ3v) is 4.16. The van der Waals surface area contributed by atoms with E-state index in [4.69, 9.17) is 10.5 Å². The molecule has 6 nitrogen and oxygen atoms in total. The molecule has 24 heavy (non-hydrogen) atoms. The number of nitrogen functional groups attached to an aromatic ring is 1. The summed E-state index contributed by atoms with van der Waals surface area (Å²) in [4.78, 5) is 12.1. The number of hydrogen-bond acceptors (Lipinski definition) is 4. The monoisotopic (exact) mass is 328 g/mol. The number of nitrogens with two attached hydrogens (primary N) is 1. The highest BCUT2D eigenvalue weighted by Gasteiger charge is 2.27. The van der Waals surface area contributed by atoms with E-state index in [2.05, 4.69) is 28.6 Å². The summed E-state index contributed by atoms with van der Waals surface area (Å²) in [5, 5.41) is 7.17. The molecule has 1 aromatic carbocycles. The molecule has 1 amide bonds. The highest BCUT2D eigenvalue weighted by molar-refractivity contribution is 5.74. The normalized spacial score (nSPS) is 16.8. The van der Waals surface area contributed by atoms with Crippen LogP contribution in [0, 0.1) is 0 Å². The molecule has 0 saturated carbocycles. The lowest BCUT2D eigenvalue weighted by atomic mass is 10.0. The summed E-state index contributed by atoms with van der Waals surface area (Å²) in [6.07, 6.45) is 3.08. The molecule has 128 valence electrons. The summed E-state index contributed by atoms with van der Waals surface area (Å²) in [5.41, 5.74) is 10.4. The third-order valence-electron chi connectivity index (χ3n) is 4.16. The average molecular weight is 328 g/mol. The van der Waals surface area contributed by atoms with Crippen molar-refractivity contribution in [1.29, 1.82) is 0 Å². The number of aromatic nitrogens is 2. The number of carbonyl (C=O) groups excluding carboxylic acids is 1. The first kappa shape index (κ1) is 16.4. The van der Waals surface area contributed by atoms with E-state index in [1.807, 2.05) is 27.8 Å². The van der Waals surface area contributed by atoms with Crippen molar-refractivity contribution in [3.05, 3.63) is 35.5 Å². The predicted molar refractivity (Wildman–Crippen MR) is 93.5 cm³/mol. The van der Waals surface area contributed by atoms with Gasteiger partial charge in [0.2, 0.25) is 0 Å². The van der Waals surface area contributed by atoms with Gasteiger partial charge in [-0.2, -0.15) is 5.10 Å². The maximum absolute atomic E-state index is 12.1. The van der Waals surface area contributed by atoms with Crippen LogP contribution in [-0.4, -0.2) is 21.5 Å². The number of aryl methyl sites for hydroxylation is 2. The van der Waals surface area contributed by atoms with Gasteiger partial charge in [-0.3, -0.25) is 4.68 Å². The van der Waals surface area contributed by atoms with Gasteiger partial charge in [0.15, 0.2) is 0 Å². The van der Waals surface area contributed by atoms with Crippen LogP contribution in [-0.2, 0) is 18.2 Å². The molecule has 1 aliphatic rings. The van der Waals surface area contributed by atoms with Gasteiger partial charge >= 0.3 is 6.09 Å². The Bertz CT molecular complexity index is 754. The first-order chi connectivity index (χ1) is 11.2. The van der Waals surface area contributed by atoms with Crippen LogP contribution in [0.4, 0.5) is 10.5 Å². The van der Waals surface area contributed by atoms with Gasteiger partial charge in [-0.25, -0.2) is 4.79 Å². The van der Waals surface area contributed by atoms with E-state index in [1.165, 1.54) is 5.56 Å². The van der Waals surface area contributed by atoms with Crippen molar-refractivity contribution in [2.24, 2.45) is 7.05 Å². The molecule has 6 heteroatoms. The van der Waals surface area contributed by atoms with Gasteiger partial charge in [0, 0.05) is 12.6 Å². The van der Waals surface area contributed by atoms with Crippen LogP contribution in [0.3, 0.4) is 0 Å². The number of hydrogen-bond donors (Lipinski definition) is 2. The third kappa shape index (κ3) is 3.22. The Morgan fingerprint density at radius 1 is 1.42 bits per heavy atom. The number of ether oxygens (including phenoxy) is 1. The van der Waals surface area contributed by atoms with Crippen LogP contribution in [0.1, 0.15) is 44.4 Å². The largest absolute Gasteiger partial charge is 0.444 e. The number of anilines is 1. The Balaban J connectivity index is 1.85. The highest BCUT2D eigenvalue weighted by atomic mass is 16.6. The van der Waals surface area contributed by atoms with E-state index < -0.39 is 5.60 Å². The zero-order valence-corrected chi connectivity index (χ0v) is 14.6. The van der Waals surface area contributed by atoms with Gasteiger partial charge in [-0.1, -0.05) is 12.1 Å². The van der Waals surface area contributed by atoms with Gasteiger partial charge in [0.05, 0.1) is 23.6 Å². The number of carbonyl (C=O) groups is 1. The first-order valence-corrected chi connectivity index (χ1v) is 8.15. The summed E-state index contributed by atoms with van der Waals surface area (Å²) < 4.78 is 7.14. The van der Waals surface area contributed by atoms with E-state index in [0.29, 0.717) is 5.69 Å². The van der Waals surface area contributed by atoms with Crippen LogP contribution in [0.25, 0.3) is 11.3 Å². The molecule has 1 atom stereocenters. The van der Waals surface area contributed by atoms with Crippen LogP contribution in [0.15, 0.2) is 24.4 Å². The molecule has 2 aromatic rings. The van der Waals surface area contributed by atoms with Crippen molar-refractivity contribution >= 4 is 11.8 Å². The first-order valence-electron chi connectivity index (χ1n) is 8.15. The molecule has 1 heterocycles. The molecule has 0 spiro atoms. The van der Waals surface area contributed by atoms with Crippen molar-refractivity contribution in [2.75, 3.05) is 5.73 Å². The van der Waals surface area contributed by atoms with Crippen LogP contribution in [0.5, 0.6) is 0 Å². The minimum absolute atomic E-state index is 0.0377. The Morgan fingerprint density at radius 2 is 2.17 bits per heavy atom. The van der Waals surface area contributed by atoms with Gasteiger partial charge < -0.3 is 15.8 Å². The molecule has 0 aliphatic heterocycles. The van der Waals surface area contributed by atoms with E-state index in [1.54, 1.807) is 10.9 Å². The SMILES string of the molecule is Cn1ncc(N)c1-c1ccc2c(c1)C(NC(=O)OC(C)(C)C)CC2. The fourth-order valence-corrected chi connectivity index (χ4v) is 3.16. The topological polar surface area (TPSA) is 82.2 Å². The molecule has 1 aromatic heterocycles. The molecule has 0 saturated heterocycles. The number of benzene rings is 1. The smallest absolute Gasteiger partial charge is 0.408 e. The average Bonchev–Trinajstić information content (AvgIpc) is 3.00. The van der Waals surface area contributed by atoms with Gasteiger partial charge in [-0.05, 0) is 50.8 Å². The van der Waals surface area contributed by atoms with Crippen molar-refractivity contribution in [1.82, 2.24) is 15.1 Å². The van der Waals surface area contributed by atoms with Crippen LogP contribution in [0.2, 0.25) is 0 Å². The minimum atomic E-state index is -0.503. The molecule has 1 aliphatic carbocycles. The fourth-order valence-electron chi connectivity index (χ4n) is 3.16. The van der Waals surface area contributed by atoms with Crippen molar-refractivity contribution in [3.8, 4) is 11.3 Å². The molecule has 0 fully saturated rings. The zero-order chi connectivity index (χ0) is 17.5. The van der Waals surface area contributed by atoms with E-state index >= 15 is 0 Å². The number of nitrogens with zero attached hydrogens (tertiary/aromatic N) is 2. The van der Waals surface area contributed by atoms with E-state index in [0.717, 1.165) is 29.7 Å². The number of fused-ring (bicyclic) bond motifs is 1. The highest BCUT2D eigenvalue weighted by Crippen LogP contribution is 2.35. The molecule has 0 radical (unpaired) electrons. The molecule has 3 rings (SSSR count). The Kier molecular flexibility index (Phi) is 3.99. The number of rotatable bonds is 2. The summed E-state index contributed by atoms with van der Waals surface area (Å²) in [7, 11) is 1.87. The van der Waals surface area contributed by atoms with Crippen LogP contribution >= 0.6 is 0 Å². The Morgan fingerprint density at radius 3 is 2.79 bits per heavy atom. The van der Waals surface area contributed by atoms with Crippen LogP contribution < -0.4 is 11.1 Å². The van der Waals surface area contributed by atoms with Gasteiger partial charge in [0.1, 0.15) is 5.60 Å². The lowest BCUT2D eigenvalue weighted by Crippen LogP contribution is -2.34. The fraction of sp³-hybridized carbons (Fsp3) is 0.444. The van der Waals surface area contributed by atoms with Crippen molar-refractivity contribution in [3.63, 3.8) is 0 Å². The molecular formula is C18H24N4O2. The number of alkyl carbamates (subject to hydrolysis) is 1. The van der Waals surface area contributed by atoms with Crippen molar-refractivity contribution in [2.45, 2.75) is 45.3 Å². The molecular weight excluding hydrogens is 304 g/mol. The number of amides is 1. The minimum Gasteiger partial charge on any atom is -0.444 e. The zero-order valence-electron chi connectivity index (χ0n) is 14.6. The molecule has 3 N–H and O–H groups in total. The maximum atomic E-state index is 12.1. The van der Waals surface area contributed by atoms with E-state index in [-0.39, 0.29) is 12.1 Å². The summed E-state index contributed by atoms with van der Waals surface area (Å²) in [5.74, 6) is 0. The quantitative estimate of drug-likeness (QED) is 0.887. The second kappa shape index (κ2) is 5.85. The summed E-state index contributed by atoms with van der Waals surface area (Å²) in [6.45, 7) is 5.58. The molecule has 0 bridgehead atoms. The Labute approximate surface area is 142 Å². The van der Waals surface area contributed by atoms with Gasteiger partial charge in [-0.15, -0.1) is 0 Å². The van der Waals surface area contributed by atoms with E-state index in [9.17, 15) is 4.79 Å². The standard InChI is InChI=1S/C18H24N4O2/c1-18(2,3)24-17(23)21-15-8-7-11-5-6-12(9-13(11)15)16-14(19)10-20-22(16)4/h5-6,9-10,15H,7-8,19H2,1-4H3,(H,21,23). The Hall–Kier alpha value is -2.50. The lowest BCUT2D eigenvalue weighted by molar-refractivity contribution is 0.0503. The summed E-state index contributed by atoms with van der Waals surface area (Å²) in [6, 6.07) is 6.22.